The summed E-state index contributed by atoms with van der Waals surface area (Å²) in [5.74, 6) is 0.525. The van der Waals surface area contributed by atoms with Gasteiger partial charge >= 0.3 is 0 Å². The zero-order valence-electron chi connectivity index (χ0n) is 10.4. The van der Waals surface area contributed by atoms with Gasteiger partial charge in [0.1, 0.15) is 0 Å². The van der Waals surface area contributed by atoms with Crippen LogP contribution in [0.4, 0.5) is 8.78 Å². The number of nitrogens with one attached hydrogen (secondary N) is 1. The lowest BCUT2D eigenvalue weighted by Gasteiger charge is -2.08. The molecule has 1 aromatic rings. The van der Waals surface area contributed by atoms with E-state index in [2.05, 4.69) is 15.3 Å². The van der Waals surface area contributed by atoms with Crippen LogP contribution in [0.25, 0.3) is 0 Å². The van der Waals surface area contributed by atoms with Gasteiger partial charge in [0.15, 0.2) is 12.6 Å². The molecule has 0 unspecified atom stereocenters. The Morgan fingerprint density at radius 2 is 2.37 bits per heavy atom. The third kappa shape index (κ3) is 4.69. The van der Waals surface area contributed by atoms with E-state index in [1.165, 1.54) is 6.20 Å². The standard InChI is InChI=1S/C12H16F2N4O/c13-10(14)7-19-11-8(2-1-5-16-11)6-17-12(15)18-9-3-4-9/h1-2,5,9-10H,3-4,6-7H2,(H3,15,17,18). The minimum atomic E-state index is -2.53. The van der Waals surface area contributed by atoms with E-state index in [1.54, 1.807) is 12.1 Å². The molecule has 0 amide bonds. The van der Waals surface area contributed by atoms with Gasteiger partial charge in [0.25, 0.3) is 6.43 Å². The number of alkyl halides is 2. The number of nitrogens with two attached hydrogens (primary N) is 1. The first kappa shape index (κ1) is 13.5. The van der Waals surface area contributed by atoms with Crippen molar-refractivity contribution in [2.24, 2.45) is 10.7 Å². The highest BCUT2D eigenvalue weighted by molar-refractivity contribution is 5.78. The van der Waals surface area contributed by atoms with Crippen LogP contribution in [0.15, 0.2) is 23.3 Å². The van der Waals surface area contributed by atoms with E-state index in [0.717, 1.165) is 12.8 Å². The zero-order valence-corrected chi connectivity index (χ0v) is 10.4. The average molecular weight is 270 g/mol. The van der Waals surface area contributed by atoms with Gasteiger partial charge in [-0.1, -0.05) is 6.07 Å². The van der Waals surface area contributed by atoms with Crippen LogP contribution < -0.4 is 15.8 Å². The Morgan fingerprint density at radius 1 is 1.58 bits per heavy atom. The first-order valence-corrected chi connectivity index (χ1v) is 6.06. The Bertz CT molecular complexity index is 449. The fourth-order valence-electron chi connectivity index (χ4n) is 1.47. The van der Waals surface area contributed by atoms with Crippen molar-refractivity contribution in [2.75, 3.05) is 6.61 Å². The van der Waals surface area contributed by atoms with Crippen LogP contribution in [0.2, 0.25) is 0 Å². The summed E-state index contributed by atoms with van der Waals surface area (Å²) in [7, 11) is 0. The summed E-state index contributed by atoms with van der Waals surface area (Å²) in [4.78, 5) is 8.05. The molecule has 5 nitrogen and oxygen atoms in total. The molecule has 0 saturated heterocycles. The molecule has 3 N–H and O–H groups in total. The van der Waals surface area contributed by atoms with Crippen LogP contribution in [-0.2, 0) is 6.54 Å². The second-order valence-electron chi connectivity index (χ2n) is 4.29. The molecular formula is C12H16F2N4O. The molecule has 0 radical (unpaired) electrons. The number of aliphatic imine (C=N–C) groups is 1. The molecule has 0 aromatic carbocycles. The number of aromatic nitrogens is 1. The summed E-state index contributed by atoms with van der Waals surface area (Å²) in [5.41, 5.74) is 6.32. The van der Waals surface area contributed by atoms with E-state index < -0.39 is 13.0 Å². The van der Waals surface area contributed by atoms with Gasteiger partial charge in [-0.2, -0.15) is 0 Å². The summed E-state index contributed by atoms with van der Waals surface area (Å²) in [5, 5.41) is 3.04. The number of guanidine groups is 1. The van der Waals surface area contributed by atoms with Crippen molar-refractivity contribution in [3.63, 3.8) is 0 Å². The van der Waals surface area contributed by atoms with Crippen molar-refractivity contribution < 1.29 is 13.5 Å². The fourth-order valence-corrected chi connectivity index (χ4v) is 1.47. The number of nitrogens with zero attached hydrogens (tertiary/aromatic N) is 2. The SMILES string of the molecule is NC(=NCc1cccnc1OCC(F)F)NC1CC1. The van der Waals surface area contributed by atoms with E-state index in [9.17, 15) is 8.78 Å². The fraction of sp³-hybridized carbons (Fsp3) is 0.500. The van der Waals surface area contributed by atoms with Crippen molar-refractivity contribution in [3.8, 4) is 5.88 Å². The Balaban J connectivity index is 1.94. The van der Waals surface area contributed by atoms with Gasteiger partial charge < -0.3 is 15.8 Å². The summed E-state index contributed by atoms with van der Waals surface area (Å²) in [6, 6.07) is 3.85. The normalized spacial score (nSPS) is 15.6. The molecule has 7 heteroatoms. The number of rotatable bonds is 6. The Labute approximate surface area is 109 Å². The maximum Gasteiger partial charge on any atom is 0.272 e. The smallest absolute Gasteiger partial charge is 0.272 e. The van der Waals surface area contributed by atoms with Gasteiger partial charge in [-0.3, -0.25) is 0 Å². The first-order chi connectivity index (χ1) is 9.15. The minimum Gasteiger partial charge on any atom is -0.471 e. The van der Waals surface area contributed by atoms with Crippen LogP contribution >= 0.6 is 0 Å². The molecule has 19 heavy (non-hydrogen) atoms. The molecule has 1 aromatic heterocycles. The molecule has 104 valence electrons. The lowest BCUT2D eigenvalue weighted by Crippen LogP contribution is -2.33. The van der Waals surface area contributed by atoms with Crippen molar-refractivity contribution in [3.05, 3.63) is 23.9 Å². The topological polar surface area (TPSA) is 72.5 Å². The molecule has 0 spiro atoms. The highest BCUT2D eigenvalue weighted by Gasteiger charge is 2.21. The maximum atomic E-state index is 12.1. The number of hydrogen-bond donors (Lipinski definition) is 2. The van der Waals surface area contributed by atoms with Crippen LogP contribution in [0.5, 0.6) is 5.88 Å². The van der Waals surface area contributed by atoms with Crippen LogP contribution in [0.3, 0.4) is 0 Å². The average Bonchev–Trinajstić information content (AvgIpc) is 3.18. The lowest BCUT2D eigenvalue weighted by molar-refractivity contribution is 0.0791. The molecule has 0 aliphatic heterocycles. The Hall–Kier alpha value is -1.92. The van der Waals surface area contributed by atoms with Crippen LogP contribution in [-0.4, -0.2) is 30.0 Å². The predicted molar refractivity (Wildman–Crippen MR) is 67.2 cm³/mol. The predicted octanol–water partition coefficient (Wildman–Crippen LogP) is 1.29. The minimum absolute atomic E-state index is 0.172. The second-order valence-corrected chi connectivity index (χ2v) is 4.29. The van der Waals surface area contributed by atoms with E-state index >= 15 is 0 Å². The lowest BCUT2D eigenvalue weighted by atomic mass is 10.3. The van der Waals surface area contributed by atoms with Gasteiger partial charge in [0.2, 0.25) is 5.88 Å². The van der Waals surface area contributed by atoms with Gasteiger partial charge in [-0.25, -0.2) is 18.8 Å². The quantitative estimate of drug-likeness (QED) is 0.603. The maximum absolute atomic E-state index is 12.1. The molecule has 1 aliphatic carbocycles. The van der Waals surface area contributed by atoms with Crippen molar-refractivity contribution >= 4 is 5.96 Å². The van der Waals surface area contributed by atoms with Crippen LogP contribution in [0.1, 0.15) is 18.4 Å². The van der Waals surface area contributed by atoms with E-state index in [1.807, 2.05) is 0 Å². The third-order valence-electron chi connectivity index (χ3n) is 2.55. The van der Waals surface area contributed by atoms with Gasteiger partial charge in [-0.15, -0.1) is 0 Å². The summed E-state index contributed by atoms with van der Waals surface area (Å²) < 4.78 is 29.1. The van der Waals surface area contributed by atoms with Crippen molar-refractivity contribution in [1.82, 2.24) is 10.3 Å². The zero-order chi connectivity index (χ0) is 13.7. The monoisotopic (exact) mass is 270 g/mol. The Morgan fingerprint density at radius 3 is 3.05 bits per heavy atom. The van der Waals surface area contributed by atoms with Crippen LogP contribution in [0, 0.1) is 0 Å². The first-order valence-electron chi connectivity index (χ1n) is 6.06. The molecular weight excluding hydrogens is 254 g/mol. The number of ether oxygens (including phenoxy) is 1. The molecule has 1 heterocycles. The second kappa shape index (κ2) is 6.31. The third-order valence-corrected chi connectivity index (χ3v) is 2.55. The Kier molecular flexibility index (Phi) is 4.48. The van der Waals surface area contributed by atoms with E-state index in [-0.39, 0.29) is 12.4 Å². The van der Waals surface area contributed by atoms with Crippen molar-refractivity contribution in [2.45, 2.75) is 31.9 Å². The highest BCUT2D eigenvalue weighted by Crippen LogP contribution is 2.19. The van der Waals surface area contributed by atoms with E-state index in [0.29, 0.717) is 17.6 Å². The molecule has 1 fully saturated rings. The summed E-state index contributed by atoms with van der Waals surface area (Å²) in [6.45, 7) is -0.429. The number of halogens is 2. The van der Waals surface area contributed by atoms with Gasteiger partial charge in [0.05, 0.1) is 6.54 Å². The van der Waals surface area contributed by atoms with E-state index in [4.69, 9.17) is 10.5 Å². The number of pyridine rings is 1. The molecule has 0 atom stereocenters. The van der Waals surface area contributed by atoms with Gasteiger partial charge in [-0.05, 0) is 18.9 Å². The summed E-state index contributed by atoms with van der Waals surface area (Å²) >= 11 is 0. The molecule has 1 aliphatic rings. The largest absolute Gasteiger partial charge is 0.471 e. The molecule has 2 rings (SSSR count). The molecule has 1 saturated carbocycles. The molecule has 0 bridgehead atoms. The number of hydrogen-bond acceptors (Lipinski definition) is 3. The highest BCUT2D eigenvalue weighted by atomic mass is 19.3. The van der Waals surface area contributed by atoms with Gasteiger partial charge in [0, 0.05) is 17.8 Å². The summed E-state index contributed by atoms with van der Waals surface area (Å²) in [6.07, 6.45) is 1.16. The van der Waals surface area contributed by atoms with Crippen molar-refractivity contribution in [1.29, 1.82) is 0 Å².